The maximum Gasteiger partial charge on any atom is 0.231 e. The van der Waals surface area contributed by atoms with Crippen molar-refractivity contribution < 1.29 is 14.6 Å². The molecule has 4 heteroatoms. The van der Waals surface area contributed by atoms with E-state index in [1.165, 1.54) is 0 Å². The first-order chi connectivity index (χ1) is 8.74. The molecule has 0 aromatic heterocycles. The number of phenols is 1. The molecule has 1 heterocycles. The van der Waals surface area contributed by atoms with Crippen LogP contribution in [0.15, 0.2) is 12.1 Å². The quantitative estimate of drug-likeness (QED) is 0.781. The molecule has 1 aromatic rings. The Morgan fingerprint density at radius 3 is 2.83 bits per heavy atom. The number of fused-ring (bicyclic) bond motifs is 1. The predicted molar refractivity (Wildman–Crippen MR) is 68.6 cm³/mol. The highest BCUT2D eigenvalue weighted by Crippen LogP contribution is 2.37. The van der Waals surface area contributed by atoms with E-state index in [2.05, 4.69) is 18.2 Å². The zero-order valence-corrected chi connectivity index (χ0v) is 10.4. The van der Waals surface area contributed by atoms with Crippen molar-refractivity contribution in [1.82, 2.24) is 5.32 Å². The van der Waals surface area contributed by atoms with Gasteiger partial charge in [-0.3, -0.25) is 0 Å². The molecule has 2 rings (SSSR count). The van der Waals surface area contributed by atoms with Gasteiger partial charge in [0.15, 0.2) is 11.5 Å². The summed E-state index contributed by atoms with van der Waals surface area (Å²) in [6, 6.07) is 3.65. The van der Waals surface area contributed by atoms with Crippen LogP contribution in [-0.2, 0) is 6.54 Å². The molecule has 0 bridgehead atoms. The molecule has 1 aliphatic heterocycles. The summed E-state index contributed by atoms with van der Waals surface area (Å²) in [5.74, 6) is 4.12. The van der Waals surface area contributed by atoms with E-state index < -0.39 is 0 Å². The van der Waals surface area contributed by atoms with Crippen molar-refractivity contribution in [2.75, 3.05) is 6.79 Å². The van der Waals surface area contributed by atoms with Gasteiger partial charge in [0, 0.05) is 30.6 Å². The average molecular weight is 247 g/mol. The van der Waals surface area contributed by atoms with E-state index in [1.807, 2.05) is 0 Å². The molecule has 0 saturated carbocycles. The molecule has 0 radical (unpaired) electrons. The summed E-state index contributed by atoms with van der Waals surface area (Å²) < 4.78 is 10.5. The lowest BCUT2D eigenvalue weighted by molar-refractivity contribution is 0.174. The Kier molecular flexibility index (Phi) is 3.96. The van der Waals surface area contributed by atoms with Crippen LogP contribution in [-0.4, -0.2) is 17.9 Å². The van der Waals surface area contributed by atoms with Gasteiger partial charge < -0.3 is 19.9 Å². The van der Waals surface area contributed by atoms with E-state index >= 15 is 0 Å². The van der Waals surface area contributed by atoms with Crippen molar-refractivity contribution in [1.29, 1.82) is 0 Å². The Balaban J connectivity index is 2.03. The van der Waals surface area contributed by atoms with Crippen molar-refractivity contribution in [3.8, 4) is 29.6 Å². The molecule has 96 valence electrons. The molecule has 1 unspecified atom stereocenters. The Morgan fingerprint density at radius 1 is 1.44 bits per heavy atom. The van der Waals surface area contributed by atoms with Gasteiger partial charge in [0.1, 0.15) is 5.75 Å². The fourth-order valence-electron chi connectivity index (χ4n) is 1.87. The normalized spacial score (nSPS) is 14.2. The van der Waals surface area contributed by atoms with Gasteiger partial charge in [0.25, 0.3) is 0 Å². The van der Waals surface area contributed by atoms with Gasteiger partial charge in [-0.2, -0.15) is 0 Å². The van der Waals surface area contributed by atoms with E-state index in [0.29, 0.717) is 24.5 Å². The van der Waals surface area contributed by atoms with Gasteiger partial charge in [-0.15, -0.1) is 12.3 Å². The lowest BCUT2D eigenvalue weighted by Gasteiger charge is -2.15. The molecule has 1 aromatic carbocycles. The number of nitrogens with one attached hydrogen (secondary N) is 1. The molecule has 0 fully saturated rings. The van der Waals surface area contributed by atoms with Gasteiger partial charge in [0.2, 0.25) is 6.79 Å². The molecular formula is C14H17NO3. The summed E-state index contributed by atoms with van der Waals surface area (Å²) in [6.45, 7) is 2.84. The minimum absolute atomic E-state index is 0.209. The first-order valence-corrected chi connectivity index (χ1v) is 6.03. The Hall–Kier alpha value is -1.86. The van der Waals surface area contributed by atoms with Gasteiger partial charge in [-0.25, -0.2) is 0 Å². The number of ether oxygens (including phenoxy) is 2. The van der Waals surface area contributed by atoms with Crippen molar-refractivity contribution in [3.63, 3.8) is 0 Å². The van der Waals surface area contributed by atoms with E-state index in [9.17, 15) is 5.11 Å². The number of phenolic OH excluding ortho intramolecular Hbond substituents is 1. The molecule has 4 nitrogen and oxygen atoms in total. The topological polar surface area (TPSA) is 50.7 Å². The second-order valence-electron chi connectivity index (χ2n) is 4.23. The van der Waals surface area contributed by atoms with Crippen LogP contribution in [0.1, 0.15) is 25.3 Å². The van der Waals surface area contributed by atoms with E-state index in [-0.39, 0.29) is 18.6 Å². The fraction of sp³-hybridized carbons (Fsp3) is 0.429. The first-order valence-electron chi connectivity index (χ1n) is 6.03. The van der Waals surface area contributed by atoms with Crippen LogP contribution in [0.5, 0.6) is 17.2 Å². The molecule has 0 amide bonds. The van der Waals surface area contributed by atoms with Crippen LogP contribution in [0.25, 0.3) is 0 Å². The maximum atomic E-state index is 9.87. The molecule has 1 aliphatic rings. The number of benzene rings is 1. The number of rotatable bonds is 5. The van der Waals surface area contributed by atoms with Gasteiger partial charge in [0.05, 0.1) is 0 Å². The zero-order chi connectivity index (χ0) is 13.0. The van der Waals surface area contributed by atoms with Crippen LogP contribution in [0.2, 0.25) is 0 Å². The van der Waals surface area contributed by atoms with Crippen LogP contribution in [0.4, 0.5) is 0 Å². The van der Waals surface area contributed by atoms with E-state index in [4.69, 9.17) is 15.9 Å². The van der Waals surface area contributed by atoms with Crippen molar-refractivity contribution in [2.45, 2.75) is 32.4 Å². The lowest BCUT2D eigenvalue weighted by Crippen LogP contribution is -2.27. The summed E-state index contributed by atoms with van der Waals surface area (Å²) in [5, 5.41) is 13.2. The molecule has 0 aliphatic carbocycles. The molecule has 18 heavy (non-hydrogen) atoms. The standard InChI is InChI=1S/C14H17NO3/c1-3-5-11(4-2)15-8-10-6-13-14(7-12(10)16)18-9-17-13/h1,6-7,11,15-16H,4-5,8-9H2,2H3. The SMILES string of the molecule is C#CCC(CC)NCc1cc2c(cc1O)OCO2. The molecule has 2 N–H and O–H groups in total. The van der Waals surface area contributed by atoms with Crippen molar-refractivity contribution in [2.24, 2.45) is 0 Å². The van der Waals surface area contributed by atoms with Crippen LogP contribution >= 0.6 is 0 Å². The fourth-order valence-corrected chi connectivity index (χ4v) is 1.87. The number of aromatic hydroxyl groups is 1. The zero-order valence-electron chi connectivity index (χ0n) is 10.4. The summed E-state index contributed by atoms with van der Waals surface area (Å²) >= 11 is 0. The minimum Gasteiger partial charge on any atom is -0.507 e. The summed E-state index contributed by atoms with van der Waals surface area (Å²) in [6.07, 6.45) is 6.94. The van der Waals surface area contributed by atoms with Crippen molar-refractivity contribution >= 4 is 0 Å². The highest BCUT2D eigenvalue weighted by atomic mass is 16.7. The molecule has 1 atom stereocenters. The first kappa shape index (κ1) is 12.6. The number of hydrogen-bond acceptors (Lipinski definition) is 4. The van der Waals surface area contributed by atoms with E-state index in [0.717, 1.165) is 12.0 Å². The highest BCUT2D eigenvalue weighted by Gasteiger charge is 2.17. The predicted octanol–water partition coefficient (Wildman–Crippen LogP) is 2.01. The maximum absolute atomic E-state index is 9.87. The smallest absolute Gasteiger partial charge is 0.231 e. The monoisotopic (exact) mass is 247 g/mol. The highest BCUT2D eigenvalue weighted by molar-refractivity contribution is 5.51. The minimum atomic E-state index is 0.209. The lowest BCUT2D eigenvalue weighted by atomic mass is 10.1. The summed E-state index contributed by atoms with van der Waals surface area (Å²) in [4.78, 5) is 0. The Morgan fingerprint density at radius 2 is 2.17 bits per heavy atom. The second kappa shape index (κ2) is 5.65. The van der Waals surface area contributed by atoms with Gasteiger partial charge in [-0.1, -0.05) is 6.92 Å². The number of hydrogen-bond donors (Lipinski definition) is 2. The Labute approximate surface area is 107 Å². The van der Waals surface area contributed by atoms with Crippen LogP contribution < -0.4 is 14.8 Å². The van der Waals surface area contributed by atoms with Crippen LogP contribution in [0.3, 0.4) is 0 Å². The second-order valence-corrected chi connectivity index (χ2v) is 4.23. The van der Waals surface area contributed by atoms with Crippen LogP contribution in [0, 0.1) is 12.3 Å². The average Bonchev–Trinajstić information content (AvgIpc) is 2.81. The third-order valence-corrected chi connectivity index (χ3v) is 3.01. The number of terminal acetylenes is 1. The third kappa shape index (κ3) is 2.69. The molecule has 0 spiro atoms. The van der Waals surface area contributed by atoms with Gasteiger partial charge in [-0.05, 0) is 12.5 Å². The third-order valence-electron chi connectivity index (χ3n) is 3.01. The summed E-state index contributed by atoms with van der Waals surface area (Å²) in [5.41, 5.74) is 0.787. The van der Waals surface area contributed by atoms with Crippen molar-refractivity contribution in [3.05, 3.63) is 17.7 Å². The van der Waals surface area contributed by atoms with E-state index in [1.54, 1.807) is 12.1 Å². The molecular weight excluding hydrogens is 230 g/mol. The van der Waals surface area contributed by atoms with Gasteiger partial charge >= 0.3 is 0 Å². The summed E-state index contributed by atoms with van der Waals surface area (Å²) in [7, 11) is 0. The Bertz CT molecular complexity index is 465. The largest absolute Gasteiger partial charge is 0.507 e. The molecule has 0 saturated heterocycles.